The summed E-state index contributed by atoms with van der Waals surface area (Å²) in [6.07, 6.45) is 26.5. The minimum Gasteiger partial charge on any atom is -0.0804 e. The molecule has 1 atom stereocenters. The van der Waals surface area contributed by atoms with Crippen LogP contribution in [0.1, 0.15) is 12.8 Å². The zero-order valence-electron chi connectivity index (χ0n) is 9.84. The number of rotatable bonds is 1. The third-order valence-electron chi connectivity index (χ3n) is 3.46. The normalized spacial score (nSPS) is 25.9. The summed E-state index contributed by atoms with van der Waals surface area (Å²) >= 11 is 0. The Morgan fingerprint density at radius 1 is 0.824 bits per heavy atom. The van der Waals surface area contributed by atoms with Crippen molar-refractivity contribution in [3.05, 3.63) is 83.6 Å². The topological polar surface area (TPSA) is 0 Å². The Kier molecular flexibility index (Phi) is 2.79. The molecule has 84 valence electrons. The molecule has 0 spiro atoms. The van der Waals surface area contributed by atoms with E-state index in [9.17, 15) is 0 Å². The molecule has 17 heavy (non-hydrogen) atoms. The van der Waals surface area contributed by atoms with Gasteiger partial charge in [0.1, 0.15) is 0 Å². The summed E-state index contributed by atoms with van der Waals surface area (Å²) in [5.41, 5.74) is 4.41. The Labute approximate surface area is 103 Å². The van der Waals surface area contributed by atoms with Crippen LogP contribution in [0.25, 0.3) is 0 Å². The van der Waals surface area contributed by atoms with E-state index in [1.807, 2.05) is 0 Å². The van der Waals surface area contributed by atoms with Crippen molar-refractivity contribution in [2.75, 3.05) is 0 Å². The molecule has 0 fully saturated rings. The molecule has 0 saturated carbocycles. The van der Waals surface area contributed by atoms with Crippen LogP contribution in [-0.2, 0) is 0 Å². The second-order valence-corrected chi connectivity index (χ2v) is 4.64. The molecule has 0 saturated heterocycles. The summed E-state index contributed by atoms with van der Waals surface area (Å²) in [4.78, 5) is 0. The van der Waals surface area contributed by atoms with E-state index in [2.05, 4.69) is 66.8 Å². The highest BCUT2D eigenvalue weighted by Crippen LogP contribution is 2.33. The van der Waals surface area contributed by atoms with Gasteiger partial charge in [-0.15, -0.1) is 0 Å². The van der Waals surface area contributed by atoms with E-state index in [4.69, 9.17) is 0 Å². The van der Waals surface area contributed by atoms with Gasteiger partial charge in [-0.2, -0.15) is 0 Å². The minimum atomic E-state index is 0.473. The summed E-state index contributed by atoms with van der Waals surface area (Å²) < 4.78 is 0. The molecule has 3 rings (SSSR count). The lowest BCUT2D eigenvalue weighted by molar-refractivity contribution is 0.830. The van der Waals surface area contributed by atoms with Gasteiger partial charge in [0.05, 0.1) is 0 Å². The molecule has 0 amide bonds. The lowest BCUT2D eigenvalue weighted by atomic mass is 9.85. The predicted octanol–water partition coefficient (Wildman–Crippen LogP) is 4.43. The largest absolute Gasteiger partial charge is 0.0804 e. The van der Waals surface area contributed by atoms with Crippen LogP contribution in [0.4, 0.5) is 0 Å². The number of fused-ring (bicyclic) bond motifs is 2. The summed E-state index contributed by atoms with van der Waals surface area (Å²) in [6.45, 7) is 0. The molecular formula is C17H16. The van der Waals surface area contributed by atoms with Crippen molar-refractivity contribution in [3.8, 4) is 0 Å². The van der Waals surface area contributed by atoms with Crippen LogP contribution in [0.2, 0.25) is 0 Å². The minimum absolute atomic E-state index is 0.473. The van der Waals surface area contributed by atoms with Gasteiger partial charge < -0.3 is 0 Å². The Bertz CT molecular complexity index is 516. The summed E-state index contributed by atoms with van der Waals surface area (Å²) in [6, 6.07) is 0. The third-order valence-corrected chi connectivity index (χ3v) is 3.46. The fourth-order valence-corrected chi connectivity index (χ4v) is 2.57. The molecule has 0 aromatic carbocycles. The van der Waals surface area contributed by atoms with Gasteiger partial charge in [0.25, 0.3) is 0 Å². The first-order valence-electron chi connectivity index (χ1n) is 6.20. The van der Waals surface area contributed by atoms with E-state index in [0.717, 1.165) is 12.8 Å². The molecule has 0 heterocycles. The first kappa shape index (κ1) is 10.3. The van der Waals surface area contributed by atoms with Crippen LogP contribution in [-0.4, -0.2) is 0 Å². The molecule has 0 aromatic rings. The molecule has 0 nitrogen and oxygen atoms in total. The standard InChI is InChI=1S/C17H16/c1-3-11-16-13-14(7-1)8-2-6-12-17(16)15-9-4-5-10-15/h1-9,11-12,17H,10,13H2. The quantitative estimate of drug-likeness (QED) is 0.613. The van der Waals surface area contributed by atoms with Gasteiger partial charge in [-0.1, -0.05) is 78.0 Å². The van der Waals surface area contributed by atoms with Gasteiger partial charge in [0.2, 0.25) is 0 Å². The van der Waals surface area contributed by atoms with Crippen LogP contribution in [0.15, 0.2) is 83.6 Å². The van der Waals surface area contributed by atoms with Gasteiger partial charge >= 0.3 is 0 Å². The maximum atomic E-state index is 2.32. The van der Waals surface area contributed by atoms with E-state index in [1.54, 1.807) is 0 Å². The average molecular weight is 220 g/mol. The van der Waals surface area contributed by atoms with Gasteiger partial charge in [-0.25, -0.2) is 0 Å². The average Bonchev–Trinajstić information content (AvgIpc) is 2.71. The molecule has 0 aromatic heterocycles. The Morgan fingerprint density at radius 2 is 1.71 bits per heavy atom. The van der Waals surface area contributed by atoms with E-state index in [0.29, 0.717) is 5.92 Å². The monoisotopic (exact) mass is 220 g/mol. The van der Waals surface area contributed by atoms with Crippen molar-refractivity contribution in [3.63, 3.8) is 0 Å². The van der Waals surface area contributed by atoms with Crippen molar-refractivity contribution < 1.29 is 0 Å². The summed E-state index contributed by atoms with van der Waals surface area (Å²) in [5, 5.41) is 0. The van der Waals surface area contributed by atoms with Crippen molar-refractivity contribution in [1.82, 2.24) is 0 Å². The highest BCUT2D eigenvalue weighted by Gasteiger charge is 2.18. The Balaban J connectivity index is 2.00. The fourth-order valence-electron chi connectivity index (χ4n) is 2.57. The number of allylic oxidation sites excluding steroid dienone is 14. The lowest BCUT2D eigenvalue weighted by Gasteiger charge is -2.20. The molecule has 3 aliphatic rings. The van der Waals surface area contributed by atoms with Crippen molar-refractivity contribution in [2.24, 2.45) is 5.92 Å². The smallest absolute Gasteiger partial charge is 0.0202 e. The van der Waals surface area contributed by atoms with Crippen LogP contribution in [0.5, 0.6) is 0 Å². The Hall–Kier alpha value is -1.82. The van der Waals surface area contributed by atoms with E-state index in [-0.39, 0.29) is 0 Å². The Morgan fingerprint density at radius 3 is 2.59 bits per heavy atom. The van der Waals surface area contributed by atoms with Gasteiger partial charge in [0, 0.05) is 5.92 Å². The lowest BCUT2D eigenvalue weighted by Crippen LogP contribution is -2.05. The predicted molar refractivity (Wildman–Crippen MR) is 73.5 cm³/mol. The summed E-state index contributed by atoms with van der Waals surface area (Å²) in [5.74, 6) is 0.473. The maximum absolute atomic E-state index is 2.32. The first-order chi connectivity index (χ1) is 8.43. The van der Waals surface area contributed by atoms with Crippen LogP contribution < -0.4 is 0 Å². The van der Waals surface area contributed by atoms with Gasteiger partial charge in [-0.3, -0.25) is 0 Å². The zero-order valence-corrected chi connectivity index (χ0v) is 9.84. The second kappa shape index (κ2) is 4.58. The molecule has 0 heteroatoms. The number of hydrogen-bond acceptors (Lipinski definition) is 0. The van der Waals surface area contributed by atoms with Crippen molar-refractivity contribution in [1.29, 1.82) is 0 Å². The molecule has 1 unspecified atom stereocenters. The number of hydrogen-bond donors (Lipinski definition) is 0. The highest BCUT2D eigenvalue weighted by molar-refractivity contribution is 5.44. The van der Waals surface area contributed by atoms with Crippen LogP contribution in [0.3, 0.4) is 0 Å². The van der Waals surface area contributed by atoms with Gasteiger partial charge in [0.15, 0.2) is 0 Å². The van der Waals surface area contributed by atoms with E-state index in [1.165, 1.54) is 16.7 Å². The molecule has 0 N–H and O–H groups in total. The fraction of sp³-hybridized carbons (Fsp3) is 0.176. The third kappa shape index (κ3) is 2.16. The van der Waals surface area contributed by atoms with E-state index >= 15 is 0 Å². The molecule has 0 radical (unpaired) electrons. The zero-order chi connectivity index (χ0) is 11.5. The highest BCUT2D eigenvalue weighted by atomic mass is 14.2. The summed E-state index contributed by atoms with van der Waals surface area (Å²) in [7, 11) is 0. The first-order valence-corrected chi connectivity index (χ1v) is 6.20. The van der Waals surface area contributed by atoms with Gasteiger partial charge in [-0.05, 0) is 18.4 Å². The molecular weight excluding hydrogens is 204 g/mol. The van der Waals surface area contributed by atoms with Crippen LogP contribution >= 0.6 is 0 Å². The van der Waals surface area contributed by atoms with Crippen molar-refractivity contribution in [2.45, 2.75) is 12.8 Å². The SMILES string of the molecule is C1=CC=C2CC(=C1)C=CC=CC2C1=CC=CC1. The maximum Gasteiger partial charge on any atom is 0.0202 e. The van der Waals surface area contributed by atoms with Crippen LogP contribution in [0, 0.1) is 5.92 Å². The molecule has 0 aliphatic heterocycles. The van der Waals surface area contributed by atoms with E-state index < -0.39 is 0 Å². The second-order valence-electron chi connectivity index (χ2n) is 4.64. The molecule has 3 aliphatic carbocycles. The van der Waals surface area contributed by atoms with Crippen molar-refractivity contribution >= 4 is 0 Å². The molecule has 2 bridgehead atoms.